The van der Waals surface area contributed by atoms with Crippen LogP contribution in [0.1, 0.15) is 30.4 Å². The summed E-state index contributed by atoms with van der Waals surface area (Å²) in [5, 5.41) is 2.83. The van der Waals surface area contributed by atoms with Crippen molar-refractivity contribution in [2.75, 3.05) is 13.7 Å². The van der Waals surface area contributed by atoms with Gasteiger partial charge in [-0.2, -0.15) is 0 Å². The number of benzene rings is 1. The summed E-state index contributed by atoms with van der Waals surface area (Å²) in [6, 6.07) is 8.61. The van der Waals surface area contributed by atoms with Crippen LogP contribution >= 0.6 is 0 Å². The molecule has 1 amide bonds. The molecule has 0 saturated heterocycles. The third-order valence-electron chi connectivity index (χ3n) is 3.73. The van der Waals surface area contributed by atoms with Crippen LogP contribution in [-0.2, 0) is 10.2 Å². The number of hydrogen-bond acceptors (Lipinski definition) is 2. The van der Waals surface area contributed by atoms with Gasteiger partial charge in [0.15, 0.2) is 0 Å². The summed E-state index contributed by atoms with van der Waals surface area (Å²) in [5.74, 6) is 0. The second kappa shape index (κ2) is 4.78. The van der Waals surface area contributed by atoms with E-state index in [4.69, 9.17) is 0 Å². The second-order valence-electron chi connectivity index (χ2n) is 4.85. The number of aryl methyl sites for hydroxylation is 1. The molecule has 0 bridgehead atoms. The molecular weight excluding hydrogens is 214 g/mol. The summed E-state index contributed by atoms with van der Waals surface area (Å²) in [6.45, 7) is 2.76. The zero-order chi connectivity index (χ0) is 12.3. The number of carbonyl (C=O) groups is 1. The van der Waals surface area contributed by atoms with Crippen LogP contribution in [0.3, 0.4) is 0 Å². The quantitative estimate of drug-likeness (QED) is 0.871. The maximum Gasteiger partial charge on any atom is 0.406 e. The van der Waals surface area contributed by atoms with E-state index in [1.165, 1.54) is 24.7 Å². The monoisotopic (exact) mass is 233 g/mol. The zero-order valence-electron chi connectivity index (χ0n) is 10.5. The van der Waals surface area contributed by atoms with Gasteiger partial charge in [-0.05, 0) is 25.3 Å². The molecule has 3 heteroatoms. The molecule has 0 unspecified atom stereocenters. The lowest BCUT2D eigenvalue weighted by molar-refractivity contribution is 0.159. The lowest BCUT2D eigenvalue weighted by atomic mass is 9.64. The molecule has 17 heavy (non-hydrogen) atoms. The molecule has 1 N–H and O–H groups in total. The topological polar surface area (TPSA) is 38.3 Å². The van der Waals surface area contributed by atoms with Gasteiger partial charge in [0.25, 0.3) is 0 Å². The number of nitrogens with one attached hydrogen (secondary N) is 1. The van der Waals surface area contributed by atoms with Crippen LogP contribution in [-0.4, -0.2) is 19.7 Å². The van der Waals surface area contributed by atoms with Crippen molar-refractivity contribution in [2.45, 2.75) is 31.6 Å². The van der Waals surface area contributed by atoms with Gasteiger partial charge < -0.3 is 10.1 Å². The number of rotatable bonds is 3. The lowest BCUT2D eigenvalue weighted by Crippen LogP contribution is -2.45. The highest BCUT2D eigenvalue weighted by atomic mass is 16.5. The van der Waals surface area contributed by atoms with E-state index in [1.54, 1.807) is 0 Å². The first-order chi connectivity index (χ1) is 8.16. The van der Waals surface area contributed by atoms with Crippen molar-refractivity contribution in [3.05, 3.63) is 35.4 Å². The van der Waals surface area contributed by atoms with Crippen molar-refractivity contribution in [3.63, 3.8) is 0 Å². The molecule has 1 fully saturated rings. The number of carbonyl (C=O) groups excluding carboxylic acids is 1. The predicted octanol–water partition coefficient (Wildman–Crippen LogP) is 2.77. The van der Waals surface area contributed by atoms with Crippen LogP contribution < -0.4 is 5.32 Å². The average molecular weight is 233 g/mol. The van der Waals surface area contributed by atoms with Gasteiger partial charge in [0.1, 0.15) is 0 Å². The van der Waals surface area contributed by atoms with Gasteiger partial charge in [0.2, 0.25) is 0 Å². The third kappa shape index (κ3) is 2.43. The number of alkyl carbamates (subject to hydrolysis) is 1. The molecule has 92 valence electrons. The van der Waals surface area contributed by atoms with E-state index in [1.807, 2.05) is 0 Å². The molecule has 0 aliphatic heterocycles. The maximum atomic E-state index is 11.2. The summed E-state index contributed by atoms with van der Waals surface area (Å²) < 4.78 is 4.62. The number of hydrogen-bond donors (Lipinski definition) is 1. The Labute approximate surface area is 102 Å². The van der Waals surface area contributed by atoms with Gasteiger partial charge in [-0.3, -0.25) is 0 Å². The zero-order valence-corrected chi connectivity index (χ0v) is 10.5. The molecule has 1 aromatic rings. The summed E-state index contributed by atoms with van der Waals surface area (Å²) in [6.07, 6.45) is 3.17. The molecule has 1 aliphatic carbocycles. The highest BCUT2D eigenvalue weighted by Crippen LogP contribution is 2.43. The van der Waals surface area contributed by atoms with Crippen molar-refractivity contribution in [2.24, 2.45) is 0 Å². The Bertz CT molecular complexity index is 393. The molecule has 0 atom stereocenters. The summed E-state index contributed by atoms with van der Waals surface area (Å²) in [4.78, 5) is 11.2. The minimum absolute atomic E-state index is 0.127. The first-order valence-corrected chi connectivity index (χ1v) is 6.05. The normalized spacial score (nSPS) is 17.1. The molecule has 0 spiro atoms. The van der Waals surface area contributed by atoms with Crippen LogP contribution in [0.5, 0.6) is 0 Å². The molecule has 3 nitrogen and oxygen atoms in total. The van der Waals surface area contributed by atoms with Gasteiger partial charge in [-0.1, -0.05) is 36.2 Å². The first kappa shape index (κ1) is 12.0. The summed E-state index contributed by atoms with van der Waals surface area (Å²) in [7, 11) is 1.40. The van der Waals surface area contributed by atoms with E-state index in [2.05, 4.69) is 41.2 Å². The van der Waals surface area contributed by atoms with E-state index < -0.39 is 0 Å². The smallest absolute Gasteiger partial charge is 0.406 e. The molecule has 1 aromatic carbocycles. The maximum absolute atomic E-state index is 11.2. The molecule has 1 aliphatic rings. The molecule has 0 heterocycles. The number of ether oxygens (including phenoxy) is 1. The fourth-order valence-electron chi connectivity index (χ4n) is 2.39. The van der Waals surface area contributed by atoms with Crippen molar-refractivity contribution < 1.29 is 9.53 Å². The Balaban J connectivity index is 2.08. The Morgan fingerprint density at radius 2 is 2.00 bits per heavy atom. The lowest BCUT2D eigenvalue weighted by Gasteiger charge is -2.42. The molecule has 0 aromatic heterocycles. The fourth-order valence-corrected chi connectivity index (χ4v) is 2.39. The Morgan fingerprint density at radius 3 is 2.47 bits per heavy atom. The van der Waals surface area contributed by atoms with Gasteiger partial charge in [-0.15, -0.1) is 0 Å². The number of methoxy groups -OCH3 is 1. The largest absolute Gasteiger partial charge is 0.453 e. The van der Waals surface area contributed by atoms with Crippen LogP contribution in [0.2, 0.25) is 0 Å². The van der Waals surface area contributed by atoms with E-state index in [9.17, 15) is 4.79 Å². The molecular formula is C14H19NO2. The van der Waals surface area contributed by atoms with E-state index in [-0.39, 0.29) is 11.5 Å². The minimum atomic E-state index is -0.344. The van der Waals surface area contributed by atoms with Crippen LogP contribution in [0.4, 0.5) is 4.79 Å². The van der Waals surface area contributed by atoms with E-state index >= 15 is 0 Å². The van der Waals surface area contributed by atoms with E-state index in [0.29, 0.717) is 6.54 Å². The highest BCUT2D eigenvalue weighted by molar-refractivity contribution is 5.67. The van der Waals surface area contributed by atoms with Gasteiger partial charge >= 0.3 is 6.09 Å². The van der Waals surface area contributed by atoms with Gasteiger partial charge in [0.05, 0.1) is 7.11 Å². The first-order valence-electron chi connectivity index (χ1n) is 6.05. The summed E-state index contributed by atoms with van der Waals surface area (Å²) >= 11 is 0. The van der Waals surface area contributed by atoms with Crippen molar-refractivity contribution in [1.29, 1.82) is 0 Å². The van der Waals surface area contributed by atoms with Gasteiger partial charge in [0, 0.05) is 12.0 Å². The Hall–Kier alpha value is -1.51. The summed E-state index contributed by atoms with van der Waals surface area (Å²) in [5.41, 5.74) is 2.72. The van der Waals surface area contributed by atoms with Crippen LogP contribution in [0, 0.1) is 6.92 Å². The van der Waals surface area contributed by atoms with E-state index in [0.717, 1.165) is 12.8 Å². The second-order valence-corrected chi connectivity index (χ2v) is 4.85. The number of amides is 1. The SMILES string of the molecule is COC(=O)NCC1(c2ccc(C)cc2)CCC1. The van der Waals surface area contributed by atoms with Crippen LogP contribution in [0.25, 0.3) is 0 Å². The third-order valence-corrected chi connectivity index (χ3v) is 3.73. The van der Waals surface area contributed by atoms with Crippen molar-refractivity contribution in [3.8, 4) is 0 Å². The Kier molecular flexibility index (Phi) is 3.36. The molecule has 0 radical (unpaired) electrons. The van der Waals surface area contributed by atoms with Crippen molar-refractivity contribution >= 4 is 6.09 Å². The average Bonchev–Trinajstić information content (AvgIpc) is 2.29. The molecule has 1 saturated carbocycles. The fraction of sp³-hybridized carbons (Fsp3) is 0.500. The standard InChI is InChI=1S/C14H19NO2/c1-11-4-6-12(7-5-11)14(8-3-9-14)10-15-13(16)17-2/h4-7H,3,8-10H2,1-2H3,(H,15,16). The van der Waals surface area contributed by atoms with Crippen LogP contribution in [0.15, 0.2) is 24.3 Å². The predicted molar refractivity (Wildman–Crippen MR) is 67.1 cm³/mol. The Morgan fingerprint density at radius 1 is 1.35 bits per heavy atom. The van der Waals surface area contributed by atoms with Crippen molar-refractivity contribution in [1.82, 2.24) is 5.32 Å². The highest BCUT2D eigenvalue weighted by Gasteiger charge is 2.38. The minimum Gasteiger partial charge on any atom is -0.453 e. The van der Waals surface area contributed by atoms with Gasteiger partial charge in [-0.25, -0.2) is 4.79 Å². The molecule has 2 rings (SSSR count).